The lowest BCUT2D eigenvalue weighted by Gasteiger charge is -2.40. The Morgan fingerprint density at radius 3 is 2.36 bits per heavy atom. The molecule has 2 unspecified atom stereocenters. The number of rotatable bonds is 5. The predicted octanol–water partition coefficient (Wildman–Crippen LogP) is 3.09. The zero-order valence-electron chi connectivity index (χ0n) is 15.9. The Morgan fingerprint density at radius 2 is 1.84 bits per heavy atom. The van der Waals surface area contributed by atoms with Crippen molar-refractivity contribution in [3.63, 3.8) is 0 Å². The van der Waals surface area contributed by atoms with Crippen molar-refractivity contribution in [2.45, 2.75) is 58.4 Å². The average molecular weight is 347 g/mol. The van der Waals surface area contributed by atoms with Crippen molar-refractivity contribution in [2.24, 2.45) is 5.92 Å². The maximum Gasteiger partial charge on any atom is 0.331 e. The number of amides is 1. The van der Waals surface area contributed by atoms with Gasteiger partial charge in [-0.3, -0.25) is 4.79 Å². The van der Waals surface area contributed by atoms with Crippen LogP contribution in [-0.2, 0) is 20.7 Å². The third kappa shape index (κ3) is 3.97. The molecule has 0 heterocycles. The summed E-state index contributed by atoms with van der Waals surface area (Å²) in [6.07, 6.45) is 3.78. The van der Waals surface area contributed by atoms with Gasteiger partial charge in [0.15, 0.2) is 0 Å². The summed E-state index contributed by atoms with van der Waals surface area (Å²) in [7, 11) is 3.01. The van der Waals surface area contributed by atoms with E-state index in [1.165, 1.54) is 7.11 Å². The first-order valence-corrected chi connectivity index (χ1v) is 8.87. The molecule has 1 aliphatic rings. The third-order valence-corrected chi connectivity index (χ3v) is 5.45. The monoisotopic (exact) mass is 347 g/mol. The Hall–Kier alpha value is -2.04. The molecule has 5 nitrogen and oxygen atoms in total. The van der Waals surface area contributed by atoms with Gasteiger partial charge >= 0.3 is 5.97 Å². The van der Waals surface area contributed by atoms with E-state index in [9.17, 15) is 9.59 Å². The molecular weight excluding hydrogens is 318 g/mol. The Balaban J connectivity index is 2.21. The molecule has 1 aliphatic carbocycles. The molecule has 1 aromatic carbocycles. The molecule has 2 atom stereocenters. The molecule has 0 bridgehead atoms. The van der Waals surface area contributed by atoms with Crippen LogP contribution in [-0.4, -0.2) is 31.6 Å². The highest BCUT2D eigenvalue weighted by Gasteiger charge is 2.47. The molecule has 25 heavy (non-hydrogen) atoms. The van der Waals surface area contributed by atoms with E-state index in [2.05, 4.69) is 5.32 Å². The zero-order chi connectivity index (χ0) is 18.6. The maximum absolute atomic E-state index is 12.8. The second kappa shape index (κ2) is 7.89. The predicted molar refractivity (Wildman–Crippen MR) is 96.7 cm³/mol. The molecule has 1 amide bonds. The summed E-state index contributed by atoms with van der Waals surface area (Å²) in [4.78, 5) is 25.2. The van der Waals surface area contributed by atoms with Crippen LogP contribution in [0.25, 0.3) is 0 Å². The Kier molecular flexibility index (Phi) is 6.09. The van der Waals surface area contributed by atoms with Crippen LogP contribution >= 0.6 is 0 Å². The molecule has 1 aromatic rings. The van der Waals surface area contributed by atoms with Crippen molar-refractivity contribution in [1.29, 1.82) is 0 Å². The molecular formula is C20H29NO4. The molecule has 1 saturated carbocycles. The largest absolute Gasteiger partial charge is 0.497 e. The number of carbonyl (C=O) groups excluding carboxylic acids is 2. The highest BCUT2D eigenvalue weighted by molar-refractivity contribution is 5.89. The molecule has 2 rings (SSSR count). The maximum atomic E-state index is 12.8. The quantitative estimate of drug-likeness (QED) is 0.831. The molecule has 0 spiro atoms. The van der Waals surface area contributed by atoms with Crippen molar-refractivity contribution in [2.75, 3.05) is 14.2 Å². The number of nitrogens with one attached hydrogen (secondary N) is 1. The summed E-state index contributed by atoms with van der Waals surface area (Å²) in [6.45, 7) is 5.95. The van der Waals surface area contributed by atoms with Crippen LogP contribution < -0.4 is 10.1 Å². The first-order valence-electron chi connectivity index (χ1n) is 8.87. The van der Waals surface area contributed by atoms with Crippen molar-refractivity contribution in [1.82, 2.24) is 5.32 Å². The molecule has 0 aliphatic heterocycles. The first-order chi connectivity index (χ1) is 11.8. The molecule has 0 aromatic heterocycles. The summed E-state index contributed by atoms with van der Waals surface area (Å²) >= 11 is 0. The minimum absolute atomic E-state index is 0.0655. The highest BCUT2D eigenvalue weighted by atomic mass is 16.5. The van der Waals surface area contributed by atoms with E-state index < -0.39 is 5.54 Å². The molecule has 1 N–H and O–H groups in total. The average Bonchev–Trinajstić information content (AvgIpc) is 2.59. The lowest BCUT2D eigenvalue weighted by molar-refractivity contribution is -0.155. The van der Waals surface area contributed by atoms with Crippen LogP contribution in [0.5, 0.6) is 5.75 Å². The van der Waals surface area contributed by atoms with Gasteiger partial charge in [0, 0.05) is 0 Å². The molecule has 1 fully saturated rings. The topological polar surface area (TPSA) is 64.6 Å². The second-order valence-electron chi connectivity index (χ2n) is 7.07. The molecule has 138 valence electrons. The fraction of sp³-hybridized carbons (Fsp3) is 0.600. The molecule has 0 radical (unpaired) electrons. The van der Waals surface area contributed by atoms with Gasteiger partial charge in [0.25, 0.3) is 0 Å². The Bertz CT molecular complexity index is 632. The van der Waals surface area contributed by atoms with Crippen LogP contribution in [0.15, 0.2) is 12.1 Å². The van der Waals surface area contributed by atoms with Gasteiger partial charge in [0.05, 0.1) is 20.6 Å². The van der Waals surface area contributed by atoms with E-state index in [0.29, 0.717) is 6.42 Å². The number of hydrogen-bond acceptors (Lipinski definition) is 4. The minimum Gasteiger partial charge on any atom is -0.497 e. The van der Waals surface area contributed by atoms with E-state index in [4.69, 9.17) is 9.47 Å². The fourth-order valence-corrected chi connectivity index (χ4v) is 3.87. The van der Waals surface area contributed by atoms with E-state index in [-0.39, 0.29) is 24.2 Å². The second-order valence-corrected chi connectivity index (χ2v) is 7.07. The summed E-state index contributed by atoms with van der Waals surface area (Å²) in [6, 6.07) is 3.85. The van der Waals surface area contributed by atoms with Gasteiger partial charge in [-0.2, -0.15) is 0 Å². The zero-order valence-corrected chi connectivity index (χ0v) is 15.9. The third-order valence-electron chi connectivity index (χ3n) is 5.45. The van der Waals surface area contributed by atoms with Crippen LogP contribution in [0.2, 0.25) is 0 Å². The van der Waals surface area contributed by atoms with Gasteiger partial charge in [0.1, 0.15) is 11.3 Å². The number of benzene rings is 1. The SMILES string of the molecule is COC(=O)C1(NC(=O)Cc2c(C)cc(OC)cc2C)CCCCC1C. The van der Waals surface area contributed by atoms with Gasteiger partial charge in [-0.1, -0.05) is 19.8 Å². The highest BCUT2D eigenvalue weighted by Crippen LogP contribution is 2.35. The molecule has 0 saturated heterocycles. The summed E-state index contributed by atoms with van der Waals surface area (Å²) in [5.74, 6) is 0.369. The van der Waals surface area contributed by atoms with Crippen molar-refractivity contribution in [3.05, 3.63) is 28.8 Å². The van der Waals surface area contributed by atoms with Crippen LogP contribution in [0.1, 0.15) is 49.3 Å². The van der Waals surface area contributed by atoms with E-state index in [0.717, 1.165) is 41.7 Å². The van der Waals surface area contributed by atoms with E-state index >= 15 is 0 Å². The first kappa shape index (κ1) is 19.3. The summed E-state index contributed by atoms with van der Waals surface area (Å²) < 4.78 is 10.3. The number of aryl methyl sites for hydroxylation is 2. The fourth-order valence-electron chi connectivity index (χ4n) is 3.87. The van der Waals surface area contributed by atoms with Gasteiger partial charge in [-0.05, 0) is 61.4 Å². The van der Waals surface area contributed by atoms with Crippen molar-refractivity contribution in [3.8, 4) is 5.75 Å². The van der Waals surface area contributed by atoms with Gasteiger partial charge in [-0.25, -0.2) is 4.79 Å². The summed E-state index contributed by atoms with van der Waals surface area (Å²) in [5, 5.41) is 3.02. The Morgan fingerprint density at radius 1 is 1.20 bits per heavy atom. The lowest BCUT2D eigenvalue weighted by atomic mass is 9.73. The van der Waals surface area contributed by atoms with Crippen LogP contribution in [0, 0.1) is 19.8 Å². The standard InChI is InChI=1S/C20H29NO4/c1-13-10-16(24-4)11-14(2)17(13)12-18(22)21-20(19(23)25-5)9-7-6-8-15(20)3/h10-11,15H,6-9,12H2,1-5H3,(H,21,22). The van der Waals surface area contributed by atoms with Gasteiger partial charge in [0.2, 0.25) is 5.91 Å². The van der Waals surface area contributed by atoms with Crippen LogP contribution in [0.4, 0.5) is 0 Å². The summed E-state index contributed by atoms with van der Waals surface area (Å²) in [5.41, 5.74) is 2.09. The number of carbonyl (C=O) groups is 2. The van der Waals surface area contributed by atoms with Crippen molar-refractivity contribution < 1.29 is 19.1 Å². The van der Waals surface area contributed by atoms with Gasteiger partial charge in [-0.15, -0.1) is 0 Å². The van der Waals surface area contributed by atoms with E-state index in [1.807, 2.05) is 32.9 Å². The lowest BCUT2D eigenvalue weighted by Crippen LogP contribution is -2.60. The number of ether oxygens (including phenoxy) is 2. The Labute approximate surface area is 150 Å². The van der Waals surface area contributed by atoms with Crippen LogP contribution in [0.3, 0.4) is 0 Å². The van der Waals surface area contributed by atoms with E-state index in [1.54, 1.807) is 7.11 Å². The normalized spacial score (nSPS) is 23.0. The number of esters is 1. The smallest absolute Gasteiger partial charge is 0.331 e. The number of hydrogen-bond donors (Lipinski definition) is 1. The van der Waals surface area contributed by atoms with Crippen molar-refractivity contribution >= 4 is 11.9 Å². The van der Waals surface area contributed by atoms with Gasteiger partial charge < -0.3 is 14.8 Å². The minimum atomic E-state index is -0.904. The number of methoxy groups -OCH3 is 2. The molecule has 5 heteroatoms.